The zero-order chi connectivity index (χ0) is 17.8. The topological polar surface area (TPSA) is 124 Å². The van der Waals surface area contributed by atoms with Gasteiger partial charge >= 0.3 is 5.97 Å². The van der Waals surface area contributed by atoms with Crippen molar-refractivity contribution in [2.75, 3.05) is 7.05 Å². The Kier molecular flexibility index (Phi) is 4.42. The molecule has 0 aliphatic heterocycles. The van der Waals surface area contributed by atoms with Gasteiger partial charge in [0.25, 0.3) is 5.91 Å². The molecular weight excluding hydrogens is 322 g/mol. The molecule has 0 bridgehead atoms. The molecule has 126 valence electrons. The first-order valence-electron chi connectivity index (χ1n) is 7.40. The van der Waals surface area contributed by atoms with Crippen LogP contribution in [0.5, 0.6) is 0 Å². The largest absolute Gasteiger partial charge is 0.478 e. The maximum Gasteiger partial charge on any atom is 0.337 e. The van der Waals surface area contributed by atoms with Crippen molar-refractivity contribution >= 4 is 33.9 Å². The average molecular weight is 337 g/mol. The highest BCUT2D eigenvalue weighted by Crippen LogP contribution is 2.11. The first-order valence-corrected chi connectivity index (χ1v) is 7.40. The molecule has 8 heteroatoms. The Morgan fingerprint density at radius 1 is 0.960 bits per heavy atom. The number of nitrogens with one attached hydrogen (secondary N) is 3. The van der Waals surface area contributed by atoms with Crippen LogP contribution in [0.4, 0.5) is 0 Å². The summed E-state index contributed by atoms with van der Waals surface area (Å²) in [5, 5.41) is 12.9. The lowest BCUT2D eigenvalue weighted by molar-refractivity contribution is 0.0696. The number of aromatic amines is 2. The molecule has 0 atom stereocenters. The van der Waals surface area contributed by atoms with Crippen LogP contribution in [0.1, 0.15) is 20.7 Å². The van der Waals surface area contributed by atoms with E-state index in [9.17, 15) is 9.59 Å². The molecule has 0 aliphatic carbocycles. The van der Waals surface area contributed by atoms with Crippen molar-refractivity contribution in [3.63, 3.8) is 0 Å². The minimum atomic E-state index is -0.953. The lowest BCUT2D eigenvalue weighted by Crippen LogP contribution is -2.17. The molecule has 0 radical (unpaired) electrons. The molecule has 0 saturated carbocycles. The summed E-state index contributed by atoms with van der Waals surface area (Å²) in [5.74, 6) is -1.07. The molecule has 0 unspecified atom stereocenters. The smallest absolute Gasteiger partial charge is 0.337 e. The van der Waals surface area contributed by atoms with Gasteiger partial charge in [0, 0.05) is 42.6 Å². The van der Waals surface area contributed by atoms with E-state index in [0.29, 0.717) is 11.2 Å². The van der Waals surface area contributed by atoms with E-state index in [0.717, 1.165) is 16.4 Å². The van der Waals surface area contributed by atoms with Crippen molar-refractivity contribution in [3.05, 3.63) is 60.2 Å². The fourth-order valence-corrected chi connectivity index (χ4v) is 2.27. The fourth-order valence-electron chi connectivity index (χ4n) is 2.27. The highest BCUT2D eigenvalue weighted by Gasteiger charge is 2.05. The molecule has 0 aromatic carbocycles. The predicted molar refractivity (Wildman–Crippen MR) is 92.5 cm³/mol. The number of H-pyrrole nitrogens is 2. The van der Waals surface area contributed by atoms with Crippen molar-refractivity contribution in [1.29, 1.82) is 0 Å². The van der Waals surface area contributed by atoms with Gasteiger partial charge in [-0.05, 0) is 24.3 Å². The van der Waals surface area contributed by atoms with Crippen LogP contribution in [0.25, 0.3) is 22.1 Å². The highest BCUT2D eigenvalue weighted by atomic mass is 16.4. The van der Waals surface area contributed by atoms with Crippen LogP contribution in [-0.2, 0) is 0 Å². The minimum Gasteiger partial charge on any atom is -0.478 e. The number of amides is 1. The van der Waals surface area contributed by atoms with Crippen LogP contribution < -0.4 is 5.32 Å². The molecule has 4 rings (SSSR count). The van der Waals surface area contributed by atoms with Crippen LogP contribution in [0.15, 0.2) is 49.1 Å². The lowest BCUT2D eigenvalue weighted by Gasteiger charge is -1.97. The van der Waals surface area contributed by atoms with Gasteiger partial charge in [-0.15, -0.1) is 0 Å². The molecular formula is C17H15N5O3. The first kappa shape index (κ1) is 16.2. The third-order valence-corrected chi connectivity index (χ3v) is 3.54. The van der Waals surface area contributed by atoms with Gasteiger partial charge in [-0.25, -0.2) is 14.8 Å². The van der Waals surface area contributed by atoms with Gasteiger partial charge in [-0.2, -0.15) is 0 Å². The number of hydrogen-bond donors (Lipinski definition) is 4. The SMILES string of the molecule is CNC(=O)c1cnc2[nH]ccc2c1.O=C(O)c1cnc2[nH]ccc2c1. The number of carbonyl (C=O) groups excluding carboxylic acids is 1. The second-order valence-corrected chi connectivity index (χ2v) is 5.16. The molecule has 0 aliphatic rings. The number of rotatable bonds is 2. The summed E-state index contributed by atoms with van der Waals surface area (Å²) in [6.45, 7) is 0. The van der Waals surface area contributed by atoms with E-state index >= 15 is 0 Å². The van der Waals surface area contributed by atoms with E-state index < -0.39 is 5.97 Å². The van der Waals surface area contributed by atoms with Crippen molar-refractivity contribution < 1.29 is 14.7 Å². The zero-order valence-electron chi connectivity index (χ0n) is 13.3. The van der Waals surface area contributed by atoms with Crippen LogP contribution in [-0.4, -0.2) is 44.0 Å². The van der Waals surface area contributed by atoms with Crippen molar-refractivity contribution in [2.24, 2.45) is 0 Å². The van der Waals surface area contributed by atoms with E-state index in [1.165, 1.54) is 6.20 Å². The van der Waals surface area contributed by atoms with Crippen molar-refractivity contribution in [3.8, 4) is 0 Å². The summed E-state index contributed by atoms with van der Waals surface area (Å²) in [5.41, 5.74) is 2.30. The Labute approximate surface area is 141 Å². The number of aromatic carboxylic acids is 1. The Morgan fingerprint density at radius 3 is 2.00 bits per heavy atom. The van der Waals surface area contributed by atoms with Crippen LogP contribution in [0, 0.1) is 0 Å². The minimum absolute atomic E-state index is 0.115. The van der Waals surface area contributed by atoms with Gasteiger partial charge in [0.05, 0.1) is 11.1 Å². The summed E-state index contributed by atoms with van der Waals surface area (Å²) in [6.07, 6.45) is 6.41. The number of carboxylic acids is 1. The first-order chi connectivity index (χ1) is 12.1. The van der Waals surface area contributed by atoms with E-state index in [4.69, 9.17) is 5.11 Å². The summed E-state index contributed by atoms with van der Waals surface area (Å²) in [6, 6.07) is 7.06. The second kappa shape index (κ2) is 6.83. The fraction of sp³-hybridized carbons (Fsp3) is 0.0588. The Morgan fingerprint density at radius 2 is 1.48 bits per heavy atom. The summed E-state index contributed by atoms with van der Waals surface area (Å²) in [7, 11) is 1.60. The van der Waals surface area contributed by atoms with E-state index in [2.05, 4.69) is 25.3 Å². The number of pyridine rings is 2. The van der Waals surface area contributed by atoms with Crippen LogP contribution in [0.2, 0.25) is 0 Å². The normalized spacial score (nSPS) is 10.3. The molecule has 0 spiro atoms. The summed E-state index contributed by atoms with van der Waals surface area (Å²) >= 11 is 0. The van der Waals surface area contributed by atoms with Crippen molar-refractivity contribution in [1.82, 2.24) is 25.3 Å². The molecule has 4 aromatic heterocycles. The molecule has 25 heavy (non-hydrogen) atoms. The van der Waals surface area contributed by atoms with E-state index in [1.54, 1.807) is 43.8 Å². The van der Waals surface area contributed by atoms with E-state index in [1.807, 2.05) is 6.07 Å². The van der Waals surface area contributed by atoms with Crippen LogP contribution in [0.3, 0.4) is 0 Å². The van der Waals surface area contributed by atoms with Gasteiger partial charge < -0.3 is 20.4 Å². The quantitative estimate of drug-likeness (QED) is 0.446. The Balaban J connectivity index is 0.000000146. The molecule has 4 heterocycles. The molecule has 0 fully saturated rings. The maximum atomic E-state index is 11.2. The second-order valence-electron chi connectivity index (χ2n) is 5.16. The molecule has 4 aromatic rings. The number of nitrogens with zero attached hydrogens (tertiary/aromatic N) is 2. The summed E-state index contributed by atoms with van der Waals surface area (Å²) < 4.78 is 0. The Bertz CT molecular complexity index is 1050. The number of aromatic nitrogens is 4. The molecule has 0 saturated heterocycles. The molecule has 1 amide bonds. The highest BCUT2D eigenvalue weighted by molar-refractivity contribution is 5.96. The lowest BCUT2D eigenvalue weighted by atomic mass is 10.2. The molecule has 8 nitrogen and oxygen atoms in total. The standard InChI is InChI=1S/C9H9N3O.C8H6N2O2/c1-10-9(13)7-4-6-2-3-11-8(6)12-5-7;11-8(12)6-3-5-1-2-9-7(5)10-4-6/h2-5H,1H3,(H,10,13)(H,11,12);1-4H,(H,9,10)(H,11,12). The monoisotopic (exact) mass is 337 g/mol. The van der Waals surface area contributed by atoms with Gasteiger partial charge in [0.1, 0.15) is 11.3 Å². The number of hydrogen-bond acceptors (Lipinski definition) is 4. The van der Waals surface area contributed by atoms with Gasteiger partial charge in [0.15, 0.2) is 0 Å². The van der Waals surface area contributed by atoms with Gasteiger partial charge in [-0.3, -0.25) is 4.79 Å². The third kappa shape index (κ3) is 3.47. The van der Waals surface area contributed by atoms with E-state index in [-0.39, 0.29) is 11.5 Å². The van der Waals surface area contributed by atoms with Crippen molar-refractivity contribution in [2.45, 2.75) is 0 Å². The number of carbonyl (C=O) groups is 2. The average Bonchev–Trinajstić information content (AvgIpc) is 3.28. The van der Waals surface area contributed by atoms with Gasteiger partial charge in [-0.1, -0.05) is 0 Å². The number of fused-ring (bicyclic) bond motifs is 2. The third-order valence-electron chi connectivity index (χ3n) is 3.54. The molecule has 4 N–H and O–H groups in total. The van der Waals surface area contributed by atoms with Crippen LogP contribution >= 0.6 is 0 Å². The predicted octanol–water partition coefficient (Wildman–Crippen LogP) is 2.18. The maximum absolute atomic E-state index is 11.2. The Hall–Kier alpha value is -3.68. The zero-order valence-corrected chi connectivity index (χ0v) is 13.3. The van der Waals surface area contributed by atoms with Gasteiger partial charge in [0.2, 0.25) is 0 Å². The number of carboxylic acid groups (broad SMARTS) is 1. The summed E-state index contributed by atoms with van der Waals surface area (Å²) in [4.78, 5) is 35.6.